The molecule has 0 aromatic carbocycles. The lowest BCUT2D eigenvalue weighted by Crippen LogP contribution is -2.09. The van der Waals surface area contributed by atoms with E-state index < -0.39 is 0 Å². The van der Waals surface area contributed by atoms with Crippen LogP contribution in [0.15, 0.2) is 0 Å². The number of anilines is 2. The van der Waals surface area contributed by atoms with Gasteiger partial charge in [0, 0.05) is 27.3 Å². The van der Waals surface area contributed by atoms with Crippen molar-refractivity contribution >= 4 is 11.5 Å². The highest BCUT2D eigenvalue weighted by Crippen LogP contribution is 2.21. The first-order chi connectivity index (χ1) is 9.20. The Kier molecular flexibility index (Phi) is 7.28. The molecule has 1 aromatic heterocycles. The quantitative estimate of drug-likeness (QED) is 0.629. The van der Waals surface area contributed by atoms with Crippen LogP contribution >= 0.6 is 0 Å². The third kappa shape index (κ3) is 5.08. The Bertz CT molecular complexity index is 366. The summed E-state index contributed by atoms with van der Waals surface area (Å²) in [6, 6.07) is 0. The fourth-order valence-corrected chi connectivity index (χ4v) is 1.85. The molecule has 0 radical (unpaired) electrons. The third-order valence-corrected chi connectivity index (χ3v) is 2.93. The zero-order valence-corrected chi connectivity index (χ0v) is 12.2. The van der Waals surface area contributed by atoms with Crippen LogP contribution in [0, 0.1) is 0 Å². The SMILES string of the molecule is CCc1nn(C)c(NCCCCOCCOC)c1N. The van der Waals surface area contributed by atoms with Crippen molar-refractivity contribution in [2.45, 2.75) is 26.2 Å². The van der Waals surface area contributed by atoms with Gasteiger partial charge in [0.05, 0.1) is 24.6 Å². The topological polar surface area (TPSA) is 74.3 Å². The molecule has 6 heteroatoms. The molecule has 19 heavy (non-hydrogen) atoms. The minimum Gasteiger partial charge on any atom is -0.394 e. The molecule has 0 spiro atoms. The summed E-state index contributed by atoms with van der Waals surface area (Å²) in [6.07, 6.45) is 2.92. The molecule has 6 nitrogen and oxygen atoms in total. The molecule has 0 saturated heterocycles. The van der Waals surface area contributed by atoms with Crippen LogP contribution < -0.4 is 11.1 Å². The molecular formula is C13H26N4O2. The van der Waals surface area contributed by atoms with Gasteiger partial charge in [0.1, 0.15) is 5.82 Å². The Morgan fingerprint density at radius 1 is 1.26 bits per heavy atom. The minimum atomic E-state index is 0.656. The number of nitrogens with two attached hydrogens (primary N) is 1. The summed E-state index contributed by atoms with van der Waals surface area (Å²) in [4.78, 5) is 0. The predicted molar refractivity (Wildman–Crippen MR) is 77.4 cm³/mol. The second-order valence-corrected chi connectivity index (χ2v) is 4.43. The molecule has 3 N–H and O–H groups in total. The number of methoxy groups -OCH3 is 1. The molecule has 0 aliphatic carbocycles. The number of hydrogen-bond acceptors (Lipinski definition) is 5. The summed E-state index contributed by atoms with van der Waals surface area (Å²) in [5.41, 5.74) is 7.74. The van der Waals surface area contributed by atoms with Gasteiger partial charge >= 0.3 is 0 Å². The van der Waals surface area contributed by atoms with E-state index in [2.05, 4.69) is 17.3 Å². The van der Waals surface area contributed by atoms with Crippen molar-refractivity contribution in [1.82, 2.24) is 9.78 Å². The minimum absolute atomic E-state index is 0.656. The number of aryl methyl sites for hydroxylation is 2. The van der Waals surface area contributed by atoms with Crippen LogP contribution in [-0.2, 0) is 22.9 Å². The highest BCUT2D eigenvalue weighted by molar-refractivity contribution is 5.64. The lowest BCUT2D eigenvalue weighted by Gasteiger charge is -2.08. The van der Waals surface area contributed by atoms with E-state index in [4.69, 9.17) is 15.2 Å². The summed E-state index contributed by atoms with van der Waals surface area (Å²) in [5, 5.41) is 7.70. The van der Waals surface area contributed by atoms with Gasteiger partial charge in [0.25, 0.3) is 0 Å². The van der Waals surface area contributed by atoms with Gasteiger partial charge in [-0.2, -0.15) is 5.10 Å². The molecule has 1 aromatic rings. The van der Waals surface area contributed by atoms with Crippen molar-refractivity contribution in [3.63, 3.8) is 0 Å². The van der Waals surface area contributed by atoms with Crippen LogP contribution in [0.1, 0.15) is 25.5 Å². The van der Waals surface area contributed by atoms with E-state index in [1.165, 1.54) is 0 Å². The van der Waals surface area contributed by atoms with Crippen molar-refractivity contribution in [1.29, 1.82) is 0 Å². The molecule has 0 bridgehead atoms. The molecular weight excluding hydrogens is 244 g/mol. The highest BCUT2D eigenvalue weighted by Gasteiger charge is 2.10. The Morgan fingerprint density at radius 3 is 2.68 bits per heavy atom. The number of nitrogens with one attached hydrogen (secondary N) is 1. The number of nitrogen functional groups attached to an aromatic ring is 1. The summed E-state index contributed by atoms with van der Waals surface area (Å²) < 4.78 is 12.1. The van der Waals surface area contributed by atoms with Gasteiger partial charge in [-0.05, 0) is 19.3 Å². The van der Waals surface area contributed by atoms with E-state index in [9.17, 15) is 0 Å². The van der Waals surface area contributed by atoms with E-state index >= 15 is 0 Å². The molecule has 0 aliphatic heterocycles. The maximum Gasteiger partial charge on any atom is 0.147 e. The van der Waals surface area contributed by atoms with Gasteiger partial charge in [-0.25, -0.2) is 0 Å². The average Bonchev–Trinajstić information content (AvgIpc) is 2.68. The van der Waals surface area contributed by atoms with Crippen LogP contribution in [0.2, 0.25) is 0 Å². The van der Waals surface area contributed by atoms with Crippen LogP contribution in [0.4, 0.5) is 11.5 Å². The maximum atomic E-state index is 6.03. The van der Waals surface area contributed by atoms with Crippen LogP contribution in [0.25, 0.3) is 0 Å². The van der Waals surface area contributed by atoms with E-state index in [1.54, 1.807) is 7.11 Å². The molecule has 0 aliphatic rings. The zero-order valence-electron chi connectivity index (χ0n) is 12.2. The summed E-state index contributed by atoms with van der Waals surface area (Å²) in [5.74, 6) is 0.914. The van der Waals surface area contributed by atoms with Crippen molar-refractivity contribution in [2.24, 2.45) is 7.05 Å². The van der Waals surface area contributed by atoms with E-state index in [-0.39, 0.29) is 0 Å². The Balaban J connectivity index is 2.17. The molecule has 1 heterocycles. The van der Waals surface area contributed by atoms with E-state index in [0.29, 0.717) is 13.2 Å². The lowest BCUT2D eigenvalue weighted by molar-refractivity contribution is 0.0691. The number of aromatic nitrogens is 2. The Hall–Kier alpha value is -1.27. The first-order valence-electron chi connectivity index (χ1n) is 6.82. The maximum absolute atomic E-state index is 6.03. The second kappa shape index (κ2) is 8.77. The number of nitrogens with zero attached hydrogens (tertiary/aromatic N) is 2. The molecule has 0 atom stereocenters. The fourth-order valence-electron chi connectivity index (χ4n) is 1.85. The summed E-state index contributed by atoms with van der Waals surface area (Å²) in [7, 11) is 3.59. The zero-order chi connectivity index (χ0) is 14.1. The number of hydrogen-bond donors (Lipinski definition) is 2. The standard InChI is InChI=1S/C13H26N4O2/c1-4-11-12(14)13(17(2)16-11)15-7-5-6-8-19-10-9-18-3/h15H,4-10,14H2,1-3H3. The van der Waals surface area contributed by atoms with Gasteiger partial charge in [0.15, 0.2) is 0 Å². The first kappa shape index (κ1) is 15.8. The van der Waals surface area contributed by atoms with Crippen molar-refractivity contribution in [2.75, 3.05) is 44.5 Å². The van der Waals surface area contributed by atoms with E-state index in [1.807, 2.05) is 11.7 Å². The summed E-state index contributed by atoms with van der Waals surface area (Å²) >= 11 is 0. The Morgan fingerprint density at radius 2 is 2.05 bits per heavy atom. The van der Waals surface area contributed by atoms with Gasteiger partial charge in [-0.1, -0.05) is 6.92 Å². The van der Waals surface area contributed by atoms with Gasteiger partial charge in [-0.3, -0.25) is 4.68 Å². The number of unbranched alkanes of at least 4 members (excludes halogenated alkanes) is 1. The van der Waals surface area contributed by atoms with Crippen molar-refractivity contribution in [3.05, 3.63) is 5.69 Å². The first-order valence-corrected chi connectivity index (χ1v) is 6.82. The van der Waals surface area contributed by atoms with Crippen molar-refractivity contribution in [3.8, 4) is 0 Å². The molecule has 1 rings (SSSR count). The second-order valence-electron chi connectivity index (χ2n) is 4.43. The molecule has 110 valence electrons. The molecule has 0 unspecified atom stereocenters. The largest absolute Gasteiger partial charge is 0.394 e. The Labute approximate surface area is 115 Å². The third-order valence-electron chi connectivity index (χ3n) is 2.93. The highest BCUT2D eigenvalue weighted by atomic mass is 16.5. The number of ether oxygens (including phenoxy) is 2. The fraction of sp³-hybridized carbons (Fsp3) is 0.769. The van der Waals surface area contributed by atoms with Gasteiger partial charge in [-0.15, -0.1) is 0 Å². The number of rotatable bonds is 10. The molecule has 0 fully saturated rings. The predicted octanol–water partition coefficient (Wildman–Crippen LogP) is 1.42. The smallest absolute Gasteiger partial charge is 0.147 e. The van der Waals surface area contributed by atoms with Crippen LogP contribution in [-0.4, -0.2) is 43.3 Å². The average molecular weight is 270 g/mol. The van der Waals surface area contributed by atoms with Gasteiger partial charge < -0.3 is 20.5 Å². The molecule has 0 saturated carbocycles. The van der Waals surface area contributed by atoms with Crippen molar-refractivity contribution < 1.29 is 9.47 Å². The monoisotopic (exact) mass is 270 g/mol. The molecule has 0 amide bonds. The van der Waals surface area contributed by atoms with E-state index in [0.717, 1.165) is 49.6 Å². The lowest BCUT2D eigenvalue weighted by atomic mass is 10.3. The van der Waals surface area contributed by atoms with Crippen LogP contribution in [0.3, 0.4) is 0 Å². The normalized spacial score (nSPS) is 10.9. The summed E-state index contributed by atoms with van der Waals surface area (Å²) in [6.45, 7) is 5.02. The van der Waals surface area contributed by atoms with Gasteiger partial charge in [0.2, 0.25) is 0 Å². The van der Waals surface area contributed by atoms with Crippen LogP contribution in [0.5, 0.6) is 0 Å².